The number of benzene rings is 1. The summed E-state index contributed by atoms with van der Waals surface area (Å²) in [6.45, 7) is 9.63. The van der Waals surface area contributed by atoms with Crippen molar-refractivity contribution in [3.05, 3.63) is 29.5 Å². The van der Waals surface area contributed by atoms with Crippen LogP contribution in [0.1, 0.15) is 45.9 Å². The molecular weight excluding hydrogens is 427 g/mol. The Labute approximate surface area is 183 Å². The molecule has 174 valence electrons. The van der Waals surface area contributed by atoms with Crippen LogP contribution in [0.5, 0.6) is 0 Å². The van der Waals surface area contributed by atoms with Crippen LogP contribution >= 0.6 is 0 Å². The Bertz CT molecular complexity index is 1060. The Kier molecular flexibility index (Phi) is 4.98. The summed E-state index contributed by atoms with van der Waals surface area (Å²) < 4.78 is 50.2. The van der Waals surface area contributed by atoms with Crippen LogP contribution in [0.2, 0.25) is 0 Å². The average Bonchev–Trinajstić information content (AvgIpc) is 3.00. The van der Waals surface area contributed by atoms with Gasteiger partial charge in [-0.25, -0.2) is 4.79 Å². The van der Waals surface area contributed by atoms with E-state index in [1.165, 1.54) is 12.1 Å². The Morgan fingerprint density at radius 2 is 1.75 bits per heavy atom. The number of nitrogens with zero attached hydrogens (tertiary/aromatic N) is 2. The van der Waals surface area contributed by atoms with Gasteiger partial charge in [0.2, 0.25) is 5.91 Å². The monoisotopic (exact) mass is 453 g/mol. The van der Waals surface area contributed by atoms with Crippen LogP contribution in [0.3, 0.4) is 0 Å². The van der Waals surface area contributed by atoms with Gasteiger partial charge in [-0.2, -0.15) is 13.2 Å². The van der Waals surface area contributed by atoms with E-state index in [1.807, 2.05) is 0 Å². The number of para-hydroxylation sites is 1. The fourth-order valence-corrected chi connectivity index (χ4v) is 4.48. The summed E-state index contributed by atoms with van der Waals surface area (Å²) in [5.41, 5.74) is -2.66. The SMILES string of the molecule is CC(C)(C)OC(=O)N1C[C@@H]2C(C(=O)NC(C)(C)c3noc4c(C(F)(F)F)cccc34)[C@@H]2C1. The Hall–Kier alpha value is -2.78. The second kappa shape index (κ2) is 7.11. The highest BCUT2D eigenvalue weighted by Gasteiger charge is 2.61. The van der Waals surface area contributed by atoms with Gasteiger partial charge in [0.05, 0.1) is 5.54 Å². The normalized spacial score (nSPS) is 23.2. The van der Waals surface area contributed by atoms with Crippen LogP contribution in [0, 0.1) is 17.8 Å². The Balaban J connectivity index is 1.44. The molecule has 32 heavy (non-hydrogen) atoms. The molecule has 3 atom stereocenters. The van der Waals surface area contributed by atoms with E-state index in [4.69, 9.17) is 9.26 Å². The molecule has 1 saturated carbocycles. The maximum Gasteiger partial charge on any atom is 0.420 e. The number of fused-ring (bicyclic) bond motifs is 2. The van der Waals surface area contributed by atoms with E-state index in [9.17, 15) is 22.8 Å². The van der Waals surface area contributed by atoms with Crippen LogP contribution in [0.15, 0.2) is 22.7 Å². The third-order valence-corrected chi connectivity index (χ3v) is 5.98. The van der Waals surface area contributed by atoms with E-state index in [0.29, 0.717) is 13.1 Å². The van der Waals surface area contributed by atoms with Crippen molar-refractivity contribution in [1.29, 1.82) is 0 Å². The summed E-state index contributed by atoms with van der Waals surface area (Å²) in [7, 11) is 0. The highest BCUT2D eigenvalue weighted by Crippen LogP contribution is 2.52. The fourth-order valence-electron chi connectivity index (χ4n) is 4.48. The van der Waals surface area contributed by atoms with Crippen LogP contribution in [0.4, 0.5) is 18.0 Å². The van der Waals surface area contributed by atoms with Crippen LogP contribution in [-0.4, -0.2) is 40.7 Å². The van der Waals surface area contributed by atoms with E-state index in [1.54, 1.807) is 39.5 Å². The van der Waals surface area contributed by atoms with Crippen LogP contribution < -0.4 is 5.32 Å². The lowest BCUT2D eigenvalue weighted by molar-refractivity contribution is -0.137. The third kappa shape index (κ3) is 4.02. The van der Waals surface area contributed by atoms with Gasteiger partial charge < -0.3 is 19.5 Å². The van der Waals surface area contributed by atoms with E-state index < -0.39 is 29.0 Å². The minimum absolute atomic E-state index is 0.0456. The number of halogens is 3. The van der Waals surface area contributed by atoms with Gasteiger partial charge in [-0.05, 0) is 58.6 Å². The molecule has 2 fully saturated rings. The van der Waals surface area contributed by atoms with Crippen LogP contribution in [0.25, 0.3) is 11.0 Å². The number of carbonyl (C=O) groups excluding carboxylic acids is 2. The van der Waals surface area contributed by atoms with Crippen molar-refractivity contribution in [2.75, 3.05) is 13.1 Å². The second-order valence-electron chi connectivity index (χ2n) is 10.1. The van der Waals surface area contributed by atoms with Crippen LogP contribution in [-0.2, 0) is 21.2 Å². The summed E-state index contributed by atoms with van der Waals surface area (Å²) in [5, 5.41) is 6.97. The summed E-state index contributed by atoms with van der Waals surface area (Å²) in [4.78, 5) is 26.7. The molecule has 0 spiro atoms. The predicted octanol–water partition coefficient (Wildman–Crippen LogP) is 4.31. The lowest BCUT2D eigenvalue weighted by Gasteiger charge is -2.27. The molecule has 4 rings (SSSR count). The van der Waals surface area contributed by atoms with Gasteiger partial charge in [0.1, 0.15) is 16.9 Å². The number of piperidine rings is 1. The molecule has 2 amide bonds. The van der Waals surface area contributed by atoms with Crippen molar-refractivity contribution >= 4 is 23.0 Å². The predicted molar refractivity (Wildman–Crippen MR) is 108 cm³/mol. The number of aromatic nitrogens is 1. The third-order valence-electron chi connectivity index (χ3n) is 5.98. The minimum atomic E-state index is -4.57. The van der Waals surface area contributed by atoms with Gasteiger partial charge in [-0.1, -0.05) is 11.2 Å². The molecule has 1 aromatic heterocycles. The first-order valence-electron chi connectivity index (χ1n) is 10.4. The second-order valence-corrected chi connectivity index (χ2v) is 10.1. The molecule has 0 bridgehead atoms. The summed E-state index contributed by atoms with van der Waals surface area (Å²) in [5.74, 6) is -0.373. The number of alkyl halides is 3. The largest absolute Gasteiger partial charge is 0.444 e. The van der Waals surface area contributed by atoms with Crippen molar-refractivity contribution in [2.45, 2.75) is 51.9 Å². The van der Waals surface area contributed by atoms with E-state index >= 15 is 0 Å². The Morgan fingerprint density at radius 3 is 2.31 bits per heavy atom. The molecule has 1 aliphatic heterocycles. The zero-order chi connectivity index (χ0) is 23.6. The molecule has 1 N–H and O–H groups in total. The van der Waals surface area contributed by atoms with Gasteiger partial charge in [0, 0.05) is 24.4 Å². The molecule has 10 heteroatoms. The van der Waals surface area contributed by atoms with Gasteiger partial charge >= 0.3 is 12.3 Å². The minimum Gasteiger partial charge on any atom is -0.444 e. The number of hydrogen-bond donors (Lipinski definition) is 1. The molecule has 1 unspecified atom stereocenters. The van der Waals surface area contributed by atoms with Gasteiger partial charge in [0.25, 0.3) is 0 Å². The first-order valence-corrected chi connectivity index (χ1v) is 10.4. The topological polar surface area (TPSA) is 84.7 Å². The lowest BCUT2D eigenvalue weighted by Crippen LogP contribution is -2.44. The fraction of sp³-hybridized carbons (Fsp3) is 0.591. The number of rotatable bonds is 3. The highest BCUT2D eigenvalue weighted by molar-refractivity contribution is 5.87. The molecular formula is C22H26F3N3O4. The first kappa shape index (κ1) is 22.4. The Morgan fingerprint density at radius 1 is 1.12 bits per heavy atom. The molecule has 2 aromatic rings. The van der Waals surface area contributed by atoms with Gasteiger partial charge in [-0.15, -0.1) is 0 Å². The zero-order valence-electron chi connectivity index (χ0n) is 18.5. The molecule has 2 aliphatic rings. The molecule has 1 aliphatic carbocycles. The molecule has 0 radical (unpaired) electrons. The number of hydrogen-bond acceptors (Lipinski definition) is 5. The highest BCUT2D eigenvalue weighted by atomic mass is 19.4. The summed E-state index contributed by atoms with van der Waals surface area (Å²) in [6, 6.07) is 3.72. The maximum absolute atomic E-state index is 13.3. The van der Waals surface area contributed by atoms with Gasteiger partial charge in [-0.3, -0.25) is 4.79 Å². The summed E-state index contributed by atoms with van der Waals surface area (Å²) in [6.07, 6.45) is -4.96. The standard InChI is InChI=1S/C22H26F3N3O4/c1-20(2,3)31-19(30)28-9-12-13(10-28)15(12)18(29)26-21(4,5)17-11-7-6-8-14(22(23,24)25)16(11)32-27-17/h6-8,12-13,15H,9-10H2,1-5H3,(H,26,29)/t12-,13+,15?. The number of ether oxygens (including phenoxy) is 1. The lowest BCUT2D eigenvalue weighted by atomic mass is 9.95. The number of nitrogens with one attached hydrogen (secondary N) is 1. The zero-order valence-corrected chi connectivity index (χ0v) is 18.5. The number of likely N-dealkylation sites (tertiary alicyclic amines) is 1. The molecule has 2 heterocycles. The molecule has 7 nitrogen and oxygen atoms in total. The van der Waals surface area contributed by atoms with Crippen molar-refractivity contribution in [2.24, 2.45) is 17.8 Å². The summed E-state index contributed by atoms with van der Waals surface area (Å²) >= 11 is 0. The molecule has 1 aromatic carbocycles. The van der Waals surface area contributed by atoms with Crippen molar-refractivity contribution in [3.8, 4) is 0 Å². The van der Waals surface area contributed by atoms with Crippen molar-refractivity contribution < 1.29 is 32.0 Å². The van der Waals surface area contributed by atoms with Gasteiger partial charge in [0.15, 0.2) is 5.58 Å². The average molecular weight is 453 g/mol. The van der Waals surface area contributed by atoms with E-state index in [0.717, 1.165) is 6.07 Å². The van der Waals surface area contributed by atoms with E-state index in [-0.39, 0.29) is 40.3 Å². The quantitative estimate of drug-likeness (QED) is 0.749. The van der Waals surface area contributed by atoms with Crippen molar-refractivity contribution in [3.63, 3.8) is 0 Å². The smallest absolute Gasteiger partial charge is 0.420 e. The van der Waals surface area contributed by atoms with Crippen molar-refractivity contribution in [1.82, 2.24) is 15.4 Å². The number of carbonyl (C=O) groups is 2. The molecule has 1 saturated heterocycles. The number of amides is 2. The first-order chi connectivity index (χ1) is 14.7. The maximum atomic E-state index is 13.3. The van der Waals surface area contributed by atoms with E-state index in [2.05, 4.69) is 10.5 Å².